The number of nitrogens with one attached hydrogen (secondary N) is 1. The second kappa shape index (κ2) is 5.43. The lowest BCUT2D eigenvalue weighted by atomic mass is 10.2. The second-order valence-corrected chi connectivity index (χ2v) is 4.84. The molecule has 86 valence electrons. The number of halogens is 2. The molecule has 0 saturated heterocycles. The highest BCUT2D eigenvalue weighted by Crippen LogP contribution is 2.23. The van der Waals surface area contributed by atoms with E-state index < -0.39 is 0 Å². The summed E-state index contributed by atoms with van der Waals surface area (Å²) in [5, 5.41) is 12.4. The van der Waals surface area contributed by atoms with Gasteiger partial charge in [-0.1, -0.05) is 11.6 Å². The van der Waals surface area contributed by atoms with Crippen LogP contribution in [-0.2, 0) is 6.54 Å². The largest absolute Gasteiger partial charge is 0.454 e. The molecule has 0 aliphatic heterocycles. The van der Waals surface area contributed by atoms with Crippen molar-refractivity contribution in [3.05, 3.63) is 50.4 Å². The average molecular weight is 359 g/mol. The molecule has 0 atom stereocenters. The van der Waals surface area contributed by atoms with Crippen molar-refractivity contribution in [1.82, 2.24) is 0 Å². The molecule has 0 amide bonds. The molecule has 0 saturated carbocycles. The lowest BCUT2D eigenvalue weighted by Crippen LogP contribution is -1.98. The van der Waals surface area contributed by atoms with Gasteiger partial charge in [-0.05, 0) is 52.9 Å². The summed E-state index contributed by atoms with van der Waals surface area (Å²) in [6.07, 6.45) is 0. The topological polar surface area (TPSA) is 49.0 Å². The molecular weight excluding hydrogens is 351 g/mol. The quantitative estimate of drug-likeness (QED) is 0.843. The first-order valence-electron chi connectivity index (χ1n) is 4.87. The minimum atomic E-state index is 0.533. The van der Waals surface area contributed by atoms with E-state index in [0.717, 1.165) is 15.2 Å². The maximum Gasteiger partial charge on any atom is 0.164 e. The molecule has 1 N–H and O–H groups in total. The van der Waals surface area contributed by atoms with E-state index in [1.54, 1.807) is 18.2 Å². The van der Waals surface area contributed by atoms with Crippen LogP contribution in [0.2, 0.25) is 5.02 Å². The number of hydrogen-bond donors (Lipinski definition) is 1. The Morgan fingerprint density at radius 1 is 1.35 bits per heavy atom. The molecule has 3 nitrogen and oxygen atoms in total. The first-order chi connectivity index (χ1) is 8.19. The number of nitrogens with zero attached hydrogens (tertiary/aromatic N) is 1. The summed E-state index contributed by atoms with van der Waals surface area (Å²) in [6.45, 7) is 0.564. The van der Waals surface area contributed by atoms with Crippen molar-refractivity contribution in [3.8, 4) is 6.07 Å². The predicted octanol–water partition coefficient (Wildman–Crippen LogP) is 4.02. The first kappa shape index (κ1) is 12.3. The van der Waals surface area contributed by atoms with Gasteiger partial charge in [0.15, 0.2) is 3.77 Å². The van der Waals surface area contributed by atoms with Gasteiger partial charge in [-0.3, -0.25) is 0 Å². The number of benzene rings is 1. The van der Waals surface area contributed by atoms with Crippen LogP contribution in [0, 0.1) is 15.1 Å². The maximum absolute atomic E-state index is 8.72. The number of rotatable bonds is 3. The van der Waals surface area contributed by atoms with Gasteiger partial charge in [-0.25, -0.2) is 0 Å². The summed E-state index contributed by atoms with van der Waals surface area (Å²) in [7, 11) is 0. The SMILES string of the molecule is N#Cc1ccc(NCc2ccc(I)o2)c(Cl)c1. The van der Waals surface area contributed by atoms with Gasteiger partial charge < -0.3 is 9.73 Å². The zero-order chi connectivity index (χ0) is 12.3. The molecule has 0 spiro atoms. The molecule has 0 aliphatic rings. The van der Waals surface area contributed by atoms with Gasteiger partial charge in [0.25, 0.3) is 0 Å². The van der Waals surface area contributed by atoms with E-state index in [1.165, 1.54) is 0 Å². The first-order valence-corrected chi connectivity index (χ1v) is 6.32. The van der Waals surface area contributed by atoms with Crippen LogP contribution in [0.25, 0.3) is 0 Å². The van der Waals surface area contributed by atoms with Crippen molar-refractivity contribution in [3.63, 3.8) is 0 Å². The van der Waals surface area contributed by atoms with E-state index >= 15 is 0 Å². The fourth-order valence-electron chi connectivity index (χ4n) is 1.36. The van der Waals surface area contributed by atoms with Gasteiger partial charge in [-0.15, -0.1) is 0 Å². The zero-order valence-electron chi connectivity index (χ0n) is 8.71. The summed E-state index contributed by atoms with van der Waals surface area (Å²) in [6, 6.07) is 11.0. The summed E-state index contributed by atoms with van der Waals surface area (Å²) >= 11 is 8.15. The minimum absolute atomic E-state index is 0.533. The Morgan fingerprint density at radius 2 is 2.18 bits per heavy atom. The van der Waals surface area contributed by atoms with Gasteiger partial charge in [0.1, 0.15) is 5.76 Å². The third kappa shape index (κ3) is 3.14. The van der Waals surface area contributed by atoms with Gasteiger partial charge in [0, 0.05) is 0 Å². The molecule has 0 bridgehead atoms. The second-order valence-electron chi connectivity index (χ2n) is 3.37. The zero-order valence-corrected chi connectivity index (χ0v) is 11.6. The molecule has 0 radical (unpaired) electrons. The number of nitriles is 1. The lowest BCUT2D eigenvalue weighted by Gasteiger charge is -2.06. The van der Waals surface area contributed by atoms with Crippen molar-refractivity contribution < 1.29 is 4.42 Å². The van der Waals surface area contributed by atoms with Crippen molar-refractivity contribution in [2.45, 2.75) is 6.54 Å². The molecular formula is C12H8ClIN2O. The van der Waals surface area contributed by atoms with E-state index in [4.69, 9.17) is 21.3 Å². The minimum Gasteiger partial charge on any atom is -0.454 e. The third-order valence-electron chi connectivity index (χ3n) is 2.18. The summed E-state index contributed by atoms with van der Waals surface area (Å²) in [4.78, 5) is 0. The highest BCUT2D eigenvalue weighted by Gasteiger charge is 2.03. The Balaban J connectivity index is 2.07. The van der Waals surface area contributed by atoms with E-state index in [2.05, 4.69) is 27.9 Å². The predicted molar refractivity (Wildman–Crippen MR) is 74.9 cm³/mol. The lowest BCUT2D eigenvalue weighted by molar-refractivity contribution is 0.493. The highest BCUT2D eigenvalue weighted by molar-refractivity contribution is 14.1. The normalized spacial score (nSPS) is 9.94. The molecule has 1 heterocycles. The van der Waals surface area contributed by atoms with Crippen molar-refractivity contribution in [2.75, 3.05) is 5.32 Å². The molecule has 0 unspecified atom stereocenters. The Kier molecular flexibility index (Phi) is 3.92. The van der Waals surface area contributed by atoms with E-state index in [0.29, 0.717) is 17.1 Å². The van der Waals surface area contributed by atoms with Crippen molar-refractivity contribution >= 4 is 39.9 Å². The van der Waals surface area contributed by atoms with Crippen LogP contribution in [0.5, 0.6) is 0 Å². The van der Waals surface area contributed by atoms with Crippen LogP contribution in [0.3, 0.4) is 0 Å². The van der Waals surface area contributed by atoms with Crippen molar-refractivity contribution in [2.24, 2.45) is 0 Å². The Morgan fingerprint density at radius 3 is 2.76 bits per heavy atom. The van der Waals surface area contributed by atoms with Gasteiger partial charge in [0.05, 0.1) is 28.9 Å². The van der Waals surface area contributed by atoms with E-state index in [9.17, 15) is 0 Å². The molecule has 1 aromatic carbocycles. The van der Waals surface area contributed by atoms with E-state index in [1.807, 2.05) is 18.2 Å². The van der Waals surface area contributed by atoms with Crippen LogP contribution in [-0.4, -0.2) is 0 Å². The summed E-state index contributed by atoms with van der Waals surface area (Å²) in [5.74, 6) is 0.842. The Hall–Kier alpha value is -1.19. The molecule has 2 aromatic rings. The molecule has 2 rings (SSSR count). The average Bonchev–Trinajstić information content (AvgIpc) is 2.73. The smallest absolute Gasteiger partial charge is 0.164 e. The molecule has 5 heteroatoms. The number of anilines is 1. The van der Waals surface area contributed by atoms with Crippen LogP contribution < -0.4 is 5.32 Å². The van der Waals surface area contributed by atoms with Crippen LogP contribution in [0.1, 0.15) is 11.3 Å². The van der Waals surface area contributed by atoms with Crippen LogP contribution in [0.15, 0.2) is 34.7 Å². The van der Waals surface area contributed by atoms with Gasteiger partial charge >= 0.3 is 0 Å². The Bertz CT molecular complexity index is 574. The Labute approximate surface area is 118 Å². The summed E-state index contributed by atoms with van der Waals surface area (Å²) < 4.78 is 6.27. The van der Waals surface area contributed by atoms with Gasteiger partial charge in [-0.2, -0.15) is 5.26 Å². The molecule has 17 heavy (non-hydrogen) atoms. The van der Waals surface area contributed by atoms with Crippen molar-refractivity contribution in [1.29, 1.82) is 5.26 Å². The summed E-state index contributed by atoms with van der Waals surface area (Å²) in [5.41, 5.74) is 1.34. The number of furan rings is 1. The fourth-order valence-corrected chi connectivity index (χ4v) is 2.07. The fraction of sp³-hybridized carbons (Fsp3) is 0.0833. The van der Waals surface area contributed by atoms with E-state index in [-0.39, 0.29) is 0 Å². The molecule has 0 aliphatic carbocycles. The third-order valence-corrected chi connectivity index (χ3v) is 3.07. The maximum atomic E-state index is 8.72. The van der Waals surface area contributed by atoms with Crippen LogP contribution >= 0.6 is 34.2 Å². The monoisotopic (exact) mass is 358 g/mol. The molecule has 0 fully saturated rings. The highest BCUT2D eigenvalue weighted by atomic mass is 127. The molecule has 1 aromatic heterocycles. The number of hydrogen-bond acceptors (Lipinski definition) is 3. The van der Waals surface area contributed by atoms with Gasteiger partial charge in [0.2, 0.25) is 0 Å². The standard InChI is InChI=1S/C12H8ClIN2O/c13-10-5-8(6-15)1-3-11(10)16-7-9-2-4-12(14)17-9/h1-5,16H,7H2. The van der Waals surface area contributed by atoms with Crippen LogP contribution in [0.4, 0.5) is 5.69 Å².